The molecule has 10 nitrogen and oxygen atoms in total. The van der Waals surface area contributed by atoms with Gasteiger partial charge in [0.2, 0.25) is 5.91 Å². The van der Waals surface area contributed by atoms with E-state index in [-0.39, 0.29) is 35.0 Å². The Morgan fingerprint density at radius 3 is 2.74 bits per heavy atom. The van der Waals surface area contributed by atoms with E-state index in [1.807, 2.05) is 0 Å². The van der Waals surface area contributed by atoms with E-state index in [1.165, 1.54) is 18.2 Å². The van der Waals surface area contributed by atoms with Crippen LogP contribution in [0.25, 0.3) is 0 Å². The number of aliphatic imine (C=N–C) groups is 1. The second-order valence-corrected chi connectivity index (χ2v) is 8.92. The molecule has 2 aromatic rings. The molecule has 0 bridgehead atoms. The first-order valence-corrected chi connectivity index (χ1v) is 11.6. The molecule has 13 heteroatoms. The van der Waals surface area contributed by atoms with Crippen molar-refractivity contribution in [2.45, 2.75) is 18.6 Å². The maximum Gasteiger partial charge on any atom is 0.305 e. The molecule has 2 atom stereocenters. The first-order chi connectivity index (χ1) is 16.6. The molecule has 0 saturated heterocycles. The summed E-state index contributed by atoms with van der Waals surface area (Å²) in [6, 6.07) is 8.19. The molecule has 6 N–H and O–H groups in total. The Morgan fingerprint density at radius 2 is 2.06 bits per heavy atom. The van der Waals surface area contributed by atoms with E-state index in [0.717, 1.165) is 0 Å². The molecule has 0 spiro atoms. The molecular formula is C22H22BrClFN5O5. The van der Waals surface area contributed by atoms with Gasteiger partial charge in [0.25, 0.3) is 5.91 Å². The maximum atomic E-state index is 13.2. The number of guanidine groups is 1. The van der Waals surface area contributed by atoms with Gasteiger partial charge < -0.3 is 31.5 Å². The van der Waals surface area contributed by atoms with Crippen LogP contribution in [0, 0.1) is 0 Å². The quantitative estimate of drug-likeness (QED) is 0.285. The normalized spacial score (nSPS) is 15.9. The number of halogens is 3. The van der Waals surface area contributed by atoms with Crippen molar-refractivity contribution in [1.82, 2.24) is 16.0 Å². The average molecular weight is 571 g/mol. The average Bonchev–Trinajstić information content (AvgIpc) is 2.81. The lowest BCUT2D eigenvalue weighted by Gasteiger charge is -2.20. The number of nitrogens with zero attached hydrogens (tertiary/aromatic N) is 1. The number of nitrogens with one attached hydrogen (secondary N) is 4. The van der Waals surface area contributed by atoms with Gasteiger partial charge in [-0.1, -0.05) is 33.6 Å². The summed E-state index contributed by atoms with van der Waals surface area (Å²) < 4.78 is 13.7. The van der Waals surface area contributed by atoms with E-state index < -0.39 is 43.0 Å². The van der Waals surface area contributed by atoms with Gasteiger partial charge in [0, 0.05) is 21.3 Å². The number of carboxylic acids is 1. The van der Waals surface area contributed by atoms with Crippen LogP contribution in [0.3, 0.4) is 0 Å². The summed E-state index contributed by atoms with van der Waals surface area (Å²) in [6.07, 6.45) is -1.57. The zero-order valence-corrected chi connectivity index (χ0v) is 20.5. The van der Waals surface area contributed by atoms with E-state index in [9.17, 15) is 29.0 Å². The highest BCUT2D eigenvalue weighted by molar-refractivity contribution is 9.10. The second kappa shape index (κ2) is 11.8. The molecule has 1 aliphatic heterocycles. The Bertz CT molecular complexity index is 1170. The number of benzene rings is 2. The number of carbonyl (C=O) groups is 3. The molecule has 3 rings (SSSR count). The summed E-state index contributed by atoms with van der Waals surface area (Å²) in [5, 5.41) is 30.2. The fraction of sp³-hybridized carbons (Fsp3) is 0.273. The fourth-order valence-electron chi connectivity index (χ4n) is 3.25. The Kier molecular flexibility index (Phi) is 8.88. The van der Waals surface area contributed by atoms with E-state index >= 15 is 0 Å². The summed E-state index contributed by atoms with van der Waals surface area (Å²) in [7, 11) is 0. The number of rotatable bonds is 8. The predicted molar refractivity (Wildman–Crippen MR) is 132 cm³/mol. The van der Waals surface area contributed by atoms with E-state index in [4.69, 9.17) is 11.6 Å². The molecule has 0 radical (unpaired) electrons. The molecule has 2 aromatic carbocycles. The number of phenols is 1. The molecule has 0 saturated carbocycles. The highest BCUT2D eigenvalue weighted by atomic mass is 79.9. The first-order valence-electron chi connectivity index (χ1n) is 10.4. The number of carboxylic acid groups (broad SMARTS) is 1. The lowest BCUT2D eigenvalue weighted by molar-refractivity contribution is -0.137. The smallest absolute Gasteiger partial charge is 0.305 e. The van der Waals surface area contributed by atoms with Crippen LogP contribution in [0.2, 0.25) is 5.02 Å². The number of phenolic OH excluding ortho intramolecular Hbond substituents is 1. The van der Waals surface area contributed by atoms with Crippen molar-refractivity contribution in [1.29, 1.82) is 0 Å². The third-order valence-electron chi connectivity index (χ3n) is 4.88. The minimum Gasteiger partial charge on any atom is -0.506 e. The van der Waals surface area contributed by atoms with Gasteiger partial charge in [0.05, 0.1) is 37.1 Å². The Labute approximate surface area is 213 Å². The molecule has 0 fully saturated rings. The predicted octanol–water partition coefficient (Wildman–Crippen LogP) is 2.58. The Morgan fingerprint density at radius 1 is 1.29 bits per heavy atom. The largest absolute Gasteiger partial charge is 0.506 e. The SMILES string of the molecule is O=C(O)C[C@H](NC(=O)CNC(=O)c1cccc(NC2=NCC(F)CN2)c1)c1cc(Br)cc(Cl)c1O. The second-order valence-electron chi connectivity index (χ2n) is 7.60. The maximum absolute atomic E-state index is 13.2. The van der Waals surface area contributed by atoms with Crippen LogP contribution in [-0.2, 0) is 9.59 Å². The highest BCUT2D eigenvalue weighted by Crippen LogP contribution is 2.36. The van der Waals surface area contributed by atoms with Gasteiger partial charge in [0.15, 0.2) is 5.96 Å². The van der Waals surface area contributed by atoms with Crippen LogP contribution in [0.5, 0.6) is 5.75 Å². The molecule has 1 heterocycles. The van der Waals surface area contributed by atoms with Crippen LogP contribution in [0.1, 0.15) is 28.4 Å². The summed E-state index contributed by atoms with van der Waals surface area (Å²) in [6.45, 7) is -0.271. The summed E-state index contributed by atoms with van der Waals surface area (Å²) in [5.74, 6) is -2.39. The fourth-order valence-corrected chi connectivity index (χ4v) is 4.08. The standard InChI is InChI=1S/C22H22BrClFN5O5/c23-12-5-15(20(34)16(24)6-12)17(7-19(32)33)30-18(31)10-26-21(35)11-2-1-3-14(4-11)29-22-27-8-13(25)9-28-22/h1-6,13,17,34H,7-10H2,(H,26,35)(H,30,31)(H,32,33)(H2,27,28,29)/t17-/m0/s1. The van der Waals surface area contributed by atoms with Gasteiger partial charge in [-0.05, 0) is 30.3 Å². The molecule has 2 amide bonds. The zero-order valence-electron chi connectivity index (χ0n) is 18.1. The number of anilines is 1. The van der Waals surface area contributed by atoms with Crippen molar-refractivity contribution in [2.24, 2.45) is 4.99 Å². The molecule has 1 aliphatic rings. The first kappa shape index (κ1) is 26.2. The third kappa shape index (κ3) is 7.55. The summed E-state index contributed by atoms with van der Waals surface area (Å²) in [5.41, 5.74) is 0.902. The Hall–Kier alpha value is -3.38. The van der Waals surface area contributed by atoms with Gasteiger partial charge in [-0.25, -0.2) is 9.38 Å². The van der Waals surface area contributed by atoms with Gasteiger partial charge in [-0.15, -0.1) is 0 Å². The third-order valence-corrected chi connectivity index (χ3v) is 5.63. The minimum atomic E-state index is -1.21. The topological polar surface area (TPSA) is 152 Å². The molecule has 0 aliphatic carbocycles. The van der Waals surface area contributed by atoms with Crippen LogP contribution in [0.15, 0.2) is 45.9 Å². The number of hydrogen-bond acceptors (Lipinski definition) is 7. The molecule has 0 aromatic heterocycles. The molecular weight excluding hydrogens is 549 g/mol. The summed E-state index contributed by atoms with van der Waals surface area (Å²) >= 11 is 9.17. The van der Waals surface area contributed by atoms with Crippen LogP contribution in [0.4, 0.5) is 10.1 Å². The lowest BCUT2D eigenvalue weighted by Crippen LogP contribution is -2.41. The number of aliphatic carboxylic acids is 1. The zero-order chi connectivity index (χ0) is 25.5. The number of amides is 2. The van der Waals surface area contributed by atoms with Crippen molar-refractivity contribution in [3.63, 3.8) is 0 Å². The van der Waals surface area contributed by atoms with Gasteiger partial charge >= 0.3 is 5.97 Å². The van der Waals surface area contributed by atoms with Crippen molar-refractivity contribution >= 4 is 57.0 Å². The van der Waals surface area contributed by atoms with Crippen molar-refractivity contribution in [3.8, 4) is 5.75 Å². The van der Waals surface area contributed by atoms with Gasteiger partial charge in [0.1, 0.15) is 11.9 Å². The monoisotopic (exact) mass is 569 g/mol. The molecule has 186 valence electrons. The molecule has 1 unspecified atom stereocenters. The van der Waals surface area contributed by atoms with Crippen LogP contribution < -0.4 is 21.3 Å². The van der Waals surface area contributed by atoms with E-state index in [1.54, 1.807) is 18.2 Å². The lowest BCUT2D eigenvalue weighted by atomic mass is 10.0. The van der Waals surface area contributed by atoms with Crippen molar-refractivity contribution in [2.75, 3.05) is 25.0 Å². The highest BCUT2D eigenvalue weighted by Gasteiger charge is 2.23. The molecule has 35 heavy (non-hydrogen) atoms. The van der Waals surface area contributed by atoms with Crippen LogP contribution in [-0.4, -0.2) is 59.8 Å². The van der Waals surface area contributed by atoms with E-state index in [2.05, 4.69) is 42.2 Å². The minimum absolute atomic E-state index is 0.0142. The number of hydrogen-bond donors (Lipinski definition) is 6. The van der Waals surface area contributed by atoms with Crippen molar-refractivity contribution < 1.29 is 29.0 Å². The number of aromatic hydroxyl groups is 1. The van der Waals surface area contributed by atoms with E-state index in [0.29, 0.717) is 16.1 Å². The number of carbonyl (C=O) groups excluding carboxylic acids is 2. The number of alkyl halides is 1. The van der Waals surface area contributed by atoms with Gasteiger partial charge in [-0.3, -0.25) is 14.4 Å². The van der Waals surface area contributed by atoms with Crippen LogP contribution >= 0.6 is 27.5 Å². The van der Waals surface area contributed by atoms with Crippen molar-refractivity contribution in [3.05, 3.63) is 57.0 Å². The Balaban J connectivity index is 1.62. The summed E-state index contributed by atoms with van der Waals surface area (Å²) in [4.78, 5) is 40.3. The van der Waals surface area contributed by atoms with Gasteiger partial charge in [-0.2, -0.15) is 0 Å².